The average molecular weight is 751 g/mol. The minimum atomic E-state index is -0.606. The molecule has 282 valence electrons. The summed E-state index contributed by atoms with van der Waals surface area (Å²) in [5.41, 5.74) is 3.42. The Bertz CT molecular complexity index is 1870. The van der Waals surface area contributed by atoms with Crippen molar-refractivity contribution in [2.45, 2.75) is 19.4 Å². The van der Waals surface area contributed by atoms with Gasteiger partial charge in [0.25, 0.3) is 5.91 Å². The Morgan fingerprint density at radius 1 is 0.792 bits per heavy atom. The number of halogens is 1. The van der Waals surface area contributed by atoms with Crippen molar-refractivity contribution < 1.29 is 43.5 Å². The highest BCUT2D eigenvalue weighted by Gasteiger charge is 2.30. The molecule has 53 heavy (non-hydrogen) atoms. The molecule has 16 heteroatoms. The van der Waals surface area contributed by atoms with Gasteiger partial charge in [-0.15, -0.1) is 10.2 Å². The maximum absolute atomic E-state index is 13.1. The molecule has 4 aromatic rings. The average Bonchev–Trinajstić information content (AvgIpc) is 3.48. The molecule has 0 bridgehead atoms. The van der Waals surface area contributed by atoms with Crippen LogP contribution >= 0.6 is 11.6 Å². The number of hydrogen-bond acceptors (Lipinski definition) is 12. The van der Waals surface area contributed by atoms with Crippen LogP contribution in [-0.4, -0.2) is 116 Å². The molecule has 0 fully saturated rings. The van der Waals surface area contributed by atoms with Crippen LogP contribution in [0.3, 0.4) is 0 Å². The van der Waals surface area contributed by atoms with E-state index in [9.17, 15) is 19.8 Å². The third-order valence-corrected chi connectivity index (χ3v) is 8.34. The summed E-state index contributed by atoms with van der Waals surface area (Å²) in [5.74, 6) is 0.677. The maximum Gasteiger partial charge on any atom is 0.251 e. The second-order valence-corrected chi connectivity index (χ2v) is 12.2. The van der Waals surface area contributed by atoms with E-state index in [0.717, 1.165) is 16.8 Å². The van der Waals surface area contributed by atoms with E-state index in [1.54, 1.807) is 19.2 Å². The van der Waals surface area contributed by atoms with Crippen LogP contribution in [-0.2, 0) is 23.7 Å². The summed E-state index contributed by atoms with van der Waals surface area (Å²) in [7, 11) is 1.61. The molecule has 4 N–H and O–H groups in total. The fraction of sp³-hybridized carbons (Fsp3) is 0.378. The Labute approximate surface area is 311 Å². The molecule has 1 atom stereocenters. The minimum Gasteiger partial charge on any atom is -0.504 e. The number of nitrogens with zero attached hydrogens (tertiary/aromatic N) is 4. The molecule has 0 radical (unpaired) electrons. The molecule has 1 aliphatic heterocycles. The van der Waals surface area contributed by atoms with E-state index >= 15 is 0 Å². The molecule has 0 saturated carbocycles. The minimum absolute atomic E-state index is 0.0538. The van der Waals surface area contributed by atoms with Gasteiger partial charge in [-0.25, -0.2) is 0 Å². The van der Waals surface area contributed by atoms with Crippen LogP contribution in [0.4, 0.5) is 0 Å². The fourth-order valence-electron chi connectivity index (χ4n) is 5.45. The highest BCUT2D eigenvalue weighted by atomic mass is 35.5. The van der Waals surface area contributed by atoms with E-state index < -0.39 is 6.04 Å². The van der Waals surface area contributed by atoms with Gasteiger partial charge in [0, 0.05) is 34.8 Å². The molecular formula is C37H43ClN6O9. The first-order valence-electron chi connectivity index (χ1n) is 17.1. The van der Waals surface area contributed by atoms with Gasteiger partial charge in [0.2, 0.25) is 5.91 Å². The monoisotopic (exact) mass is 750 g/mol. The highest BCUT2D eigenvalue weighted by Crippen LogP contribution is 2.34. The van der Waals surface area contributed by atoms with E-state index in [2.05, 4.69) is 20.8 Å². The van der Waals surface area contributed by atoms with Gasteiger partial charge in [-0.2, -0.15) is 0 Å². The number of aromatic hydroxyl groups is 2. The largest absolute Gasteiger partial charge is 0.504 e. The molecule has 1 aliphatic rings. The van der Waals surface area contributed by atoms with Gasteiger partial charge in [-0.05, 0) is 55.5 Å². The van der Waals surface area contributed by atoms with E-state index in [1.807, 2.05) is 41.8 Å². The van der Waals surface area contributed by atoms with Crippen molar-refractivity contribution in [2.24, 2.45) is 4.99 Å². The number of ether oxygens (including phenoxy) is 5. The van der Waals surface area contributed by atoms with Crippen molar-refractivity contribution in [2.75, 3.05) is 73.1 Å². The summed E-state index contributed by atoms with van der Waals surface area (Å²) in [5, 5.41) is 33.7. The topological polar surface area (TPSA) is 188 Å². The number of phenols is 2. The number of amides is 2. The third kappa shape index (κ3) is 11.0. The van der Waals surface area contributed by atoms with E-state index in [0.29, 0.717) is 87.5 Å². The first kappa shape index (κ1) is 39.2. The summed E-state index contributed by atoms with van der Waals surface area (Å²) >= 11 is 6.19. The standard InChI is InChI=1S/C37H43ClN6O9/c1-24-42-43-36-30(41-35(25-3-6-27(38)7-4-25)29-22-28(49-2)8-9-31(29)44(24)36)23-34(47)39-11-13-50-15-17-52-19-20-53-18-16-51-14-12-40-37(48)26-5-10-32(45)33(46)21-26/h3-10,21-22,30,45-46H,11-20,23H2,1-2H3,(H,39,47)(H,40,48)/t30-/m0/s1. The number of phenolic OH excluding ortho intramolecular Hbond substituents is 2. The number of carbonyl (C=O) groups excluding carboxylic acids is 2. The summed E-state index contributed by atoms with van der Waals surface area (Å²) in [6.07, 6.45) is 0.0538. The summed E-state index contributed by atoms with van der Waals surface area (Å²) in [6, 6.07) is 16.4. The number of aliphatic imine (C=N–C) groups is 1. The summed E-state index contributed by atoms with van der Waals surface area (Å²) < 4.78 is 29.5. The molecule has 1 aromatic heterocycles. The van der Waals surface area contributed by atoms with Gasteiger partial charge in [0.1, 0.15) is 17.6 Å². The number of aromatic nitrogens is 3. The van der Waals surface area contributed by atoms with Crippen LogP contribution in [0, 0.1) is 6.92 Å². The maximum atomic E-state index is 13.1. The Kier molecular flexibility index (Phi) is 14.5. The van der Waals surface area contributed by atoms with E-state index in [-0.39, 0.29) is 41.8 Å². The fourth-order valence-corrected chi connectivity index (χ4v) is 5.58. The second-order valence-electron chi connectivity index (χ2n) is 11.8. The predicted molar refractivity (Wildman–Crippen MR) is 195 cm³/mol. The molecule has 0 unspecified atom stereocenters. The Hall–Kier alpha value is -5.06. The number of benzene rings is 3. The van der Waals surface area contributed by atoms with Crippen molar-refractivity contribution >= 4 is 29.1 Å². The number of fused-ring (bicyclic) bond motifs is 3. The molecule has 2 amide bonds. The number of carbonyl (C=O) groups is 2. The van der Waals surface area contributed by atoms with Crippen LogP contribution < -0.4 is 15.4 Å². The molecule has 15 nitrogen and oxygen atoms in total. The van der Waals surface area contributed by atoms with Crippen molar-refractivity contribution in [3.8, 4) is 22.9 Å². The van der Waals surface area contributed by atoms with Crippen LogP contribution in [0.2, 0.25) is 5.02 Å². The first-order chi connectivity index (χ1) is 25.7. The van der Waals surface area contributed by atoms with Crippen LogP contribution in [0.1, 0.15) is 45.6 Å². The van der Waals surface area contributed by atoms with Gasteiger partial charge in [0.05, 0.1) is 77.8 Å². The predicted octanol–water partition coefficient (Wildman–Crippen LogP) is 3.54. The number of methoxy groups -OCH3 is 1. The van der Waals surface area contributed by atoms with Crippen molar-refractivity contribution in [3.05, 3.63) is 94.0 Å². The summed E-state index contributed by atoms with van der Waals surface area (Å²) in [6.45, 7) is 5.28. The number of nitrogens with one attached hydrogen (secondary N) is 2. The highest BCUT2D eigenvalue weighted by molar-refractivity contribution is 6.30. The Morgan fingerprint density at radius 3 is 2.08 bits per heavy atom. The molecular weight excluding hydrogens is 708 g/mol. The second kappa shape index (κ2) is 19.7. The molecule has 0 saturated heterocycles. The van der Waals surface area contributed by atoms with Gasteiger partial charge in [-0.3, -0.25) is 19.1 Å². The molecule has 5 rings (SSSR count). The normalized spacial score (nSPS) is 13.4. The molecule has 0 aliphatic carbocycles. The Morgan fingerprint density at radius 2 is 1.43 bits per heavy atom. The van der Waals surface area contributed by atoms with Crippen LogP contribution in [0.25, 0.3) is 5.69 Å². The van der Waals surface area contributed by atoms with E-state index in [1.165, 1.54) is 18.2 Å². The number of aryl methyl sites for hydroxylation is 1. The van der Waals surface area contributed by atoms with Crippen molar-refractivity contribution in [3.63, 3.8) is 0 Å². The molecule has 0 spiro atoms. The zero-order valence-corrected chi connectivity index (χ0v) is 30.3. The van der Waals surface area contributed by atoms with Crippen molar-refractivity contribution in [1.29, 1.82) is 0 Å². The smallest absolute Gasteiger partial charge is 0.251 e. The van der Waals surface area contributed by atoms with Gasteiger partial charge in [0.15, 0.2) is 17.3 Å². The van der Waals surface area contributed by atoms with Crippen molar-refractivity contribution in [1.82, 2.24) is 25.4 Å². The van der Waals surface area contributed by atoms with Crippen LogP contribution in [0.15, 0.2) is 65.7 Å². The lowest BCUT2D eigenvalue weighted by atomic mass is 10.00. The zero-order valence-electron chi connectivity index (χ0n) is 29.5. The third-order valence-electron chi connectivity index (χ3n) is 8.08. The quantitative estimate of drug-likeness (QED) is 0.0765. The molecule has 2 heterocycles. The van der Waals surface area contributed by atoms with Crippen LogP contribution in [0.5, 0.6) is 17.2 Å². The Balaban J connectivity index is 0.962. The van der Waals surface area contributed by atoms with Gasteiger partial charge >= 0.3 is 0 Å². The van der Waals surface area contributed by atoms with Gasteiger partial charge < -0.3 is 44.5 Å². The first-order valence-corrected chi connectivity index (χ1v) is 17.4. The zero-order chi connectivity index (χ0) is 37.6. The lowest BCUT2D eigenvalue weighted by Crippen LogP contribution is -2.29. The lowest BCUT2D eigenvalue weighted by Gasteiger charge is -2.14. The lowest BCUT2D eigenvalue weighted by molar-refractivity contribution is -0.121. The SMILES string of the molecule is COc1ccc2c(c1)C(c1ccc(Cl)cc1)=N[C@@H](CC(=O)NCCOCCOCCOCCOCCNC(=O)c1ccc(O)c(O)c1)c1nnc(C)n1-2. The number of hydrogen-bond donors (Lipinski definition) is 4. The van der Waals surface area contributed by atoms with Gasteiger partial charge in [-0.1, -0.05) is 23.7 Å². The van der Waals surface area contributed by atoms with E-state index in [4.69, 9.17) is 40.3 Å². The summed E-state index contributed by atoms with van der Waals surface area (Å²) in [4.78, 5) is 30.2. The molecule has 3 aromatic carbocycles. The number of rotatable bonds is 20.